The summed E-state index contributed by atoms with van der Waals surface area (Å²) >= 11 is 7.62. The Kier molecular flexibility index (Phi) is 5.18. The van der Waals surface area contributed by atoms with Crippen molar-refractivity contribution < 1.29 is 13.5 Å². The first-order chi connectivity index (χ1) is 11.2. The van der Waals surface area contributed by atoms with Crippen molar-refractivity contribution in [3.63, 3.8) is 0 Å². The average molecular weight is 352 g/mol. The third kappa shape index (κ3) is 3.85. The van der Waals surface area contributed by atoms with E-state index in [9.17, 15) is 4.79 Å². The van der Waals surface area contributed by atoms with E-state index in [-0.39, 0.29) is 12.5 Å². The Labute approximate surface area is 145 Å². The van der Waals surface area contributed by atoms with Crippen LogP contribution in [-0.4, -0.2) is 26.2 Å². The molecule has 3 rings (SSSR count). The van der Waals surface area contributed by atoms with Gasteiger partial charge in [-0.3, -0.25) is 0 Å². The molecule has 1 aromatic heterocycles. The Morgan fingerprint density at radius 2 is 1.96 bits per heavy atom. The summed E-state index contributed by atoms with van der Waals surface area (Å²) in [5, 5.41) is 1.95. The highest BCUT2D eigenvalue weighted by molar-refractivity contribution is 7.07. The van der Waals surface area contributed by atoms with Crippen LogP contribution < -0.4 is 8.86 Å². The van der Waals surface area contributed by atoms with Crippen molar-refractivity contribution in [3.8, 4) is 11.1 Å². The average Bonchev–Trinajstić information content (AvgIpc) is 3.00. The van der Waals surface area contributed by atoms with Crippen LogP contribution in [0.3, 0.4) is 0 Å². The Bertz CT molecular complexity index is 678. The SMILES string of the molecule is COC(=O)C[n+]1cc(-c2ccc(Cl)cc2)c(N2CCCCC2)s1. The second-order valence-electron chi connectivity index (χ2n) is 5.65. The van der Waals surface area contributed by atoms with Crippen molar-refractivity contribution in [2.75, 3.05) is 25.1 Å². The molecule has 2 aromatic rings. The van der Waals surface area contributed by atoms with E-state index >= 15 is 0 Å². The highest BCUT2D eigenvalue weighted by atomic mass is 35.5. The zero-order valence-corrected chi connectivity index (χ0v) is 14.7. The predicted octanol–water partition coefficient (Wildman–Crippen LogP) is 3.52. The van der Waals surface area contributed by atoms with E-state index in [0.717, 1.165) is 29.2 Å². The minimum absolute atomic E-state index is 0.232. The van der Waals surface area contributed by atoms with Gasteiger partial charge in [0, 0.05) is 18.1 Å². The van der Waals surface area contributed by atoms with E-state index < -0.39 is 0 Å². The number of aromatic nitrogens is 1. The summed E-state index contributed by atoms with van der Waals surface area (Å²) in [6.07, 6.45) is 5.76. The van der Waals surface area contributed by atoms with Crippen LogP contribution in [0.25, 0.3) is 11.1 Å². The number of benzene rings is 1. The molecule has 0 spiro atoms. The fraction of sp³-hybridized carbons (Fsp3) is 0.412. The molecule has 0 atom stereocenters. The first-order valence-corrected chi connectivity index (χ1v) is 8.94. The number of halogens is 1. The van der Waals surface area contributed by atoms with E-state index in [1.807, 2.05) is 34.4 Å². The maximum absolute atomic E-state index is 11.6. The number of carbonyl (C=O) groups excluding carboxylic acids is 1. The topological polar surface area (TPSA) is 33.4 Å². The number of rotatable bonds is 4. The smallest absolute Gasteiger partial charge is 0.373 e. The van der Waals surface area contributed by atoms with Gasteiger partial charge in [0.2, 0.25) is 0 Å². The van der Waals surface area contributed by atoms with E-state index in [1.165, 1.54) is 31.4 Å². The van der Waals surface area contributed by atoms with Gasteiger partial charge < -0.3 is 9.64 Å². The number of nitrogens with zero attached hydrogens (tertiary/aromatic N) is 2. The molecule has 4 nitrogen and oxygen atoms in total. The molecule has 1 fully saturated rings. The van der Waals surface area contributed by atoms with Crippen LogP contribution in [0.15, 0.2) is 30.5 Å². The Morgan fingerprint density at radius 3 is 2.61 bits per heavy atom. The van der Waals surface area contributed by atoms with Crippen LogP contribution in [0.2, 0.25) is 5.02 Å². The summed E-state index contributed by atoms with van der Waals surface area (Å²) in [6.45, 7) is 2.38. The van der Waals surface area contributed by atoms with Gasteiger partial charge in [-0.05, 0) is 37.0 Å². The maximum Gasteiger partial charge on any atom is 0.373 e. The number of ether oxygens (including phenoxy) is 1. The summed E-state index contributed by atoms with van der Waals surface area (Å²) in [4.78, 5) is 14.0. The Hall–Kier alpha value is -1.59. The standard InChI is InChI=1S/C17H20ClN2O2S/c1-22-16(21)12-20-11-15(13-5-7-14(18)8-6-13)17(23-20)19-9-3-2-4-10-19/h5-8,11H,2-4,9-10,12H2,1H3/q+1. The van der Waals surface area contributed by atoms with E-state index in [1.54, 1.807) is 11.5 Å². The van der Waals surface area contributed by atoms with Crippen molar-refractivity contribution in [3.05, 3.63) is 35.5 Å². The molecule has 0 bridgehead atoms. The van der Waals surface area contributed by atoms with Gasteiger partial charge in [-0.25, -0.2) is 4.79 Å². The van der Waals surface area contributed by atoms with Gasteiger partial charge in [-0.15, -0.1) is 3.96 Å². The van der Waals surface area contributed by atoms with Gasteiger partial charge in [-0.1, -0.05) is 23.7 Å². The van der Waals surface area contributed by atoms with E-state index in [4.69, 9.17) is 16.3 Å². The Morgan fingerprint density at radius 1 is 1.26 bits per heavy atom. The van der Waals surface area contributed by atoms with Crippen LogP contribution >= 0.6 is 23.1 Å². The van der Waals surface area contributed by atoms with Crippen LogP contribution in [0.5, 0.6) is 0 Å². The normalized spacial score (nSPS) is 14.8. The van der Waals surface area contributed by atoms with Crippen molar-refractivity contribution in [2.45, 2.75) is 25.8 Å². The lowest BCUT2D eigenvalue weighted by Crippen LogP contribution is -2.34. The number of hydrogen-bond donors (Lipinski definition) is 0. The third-order valence-corrected chi connectivity index (χ3v) is 5.39. The third-order valence-electron chi connectivity index (χ3n) is 4.02. The van der Waals surface area contributed by atoms with Crippen molar-refractivity contribution in [2.24, 2.45) is 0 Å². The number of anilines is 1. The molecule has 2 heterocycles. The molecule has 0 aliphatic carbocycles. The maximum atomic E-state index is 11.6. The molecule has 0 radical (unpaired) electrons. The summed E-state index contributed by atoms with van der Waals surface area (Å²) in [6, 6.07) is 7.86. The predicted molar refractivity (Wildman–Crippen MR) is 93.0 cm³/mol. The molecule has 122 valence electrons. The molecule has 0 unspecified atom stereocenters. The van der Waals surface area contributed by atoms with Gasteiger partial charge in [0.05, 0.1) is 12.7 Å². The number of carbonyl (C=O) groups is 1. The van der Waals surface area contributed by atoms with Gasteiger partial charge in [0.1, 0.15) is 0 Å². The van der Waals surface area contributed by atoms with Crippen LogP contribution in [0, 0.1) is 0 Å². The first-order valence-electron chi connectivity index (χ1n) is 7.79. The minimum Gasteiger partial charge on any atom is -0.464 e. The first kappa shape index (κ1) is 16.3. The molecule has 0 N–H and O–H groups in total. The highest BCUT2D eigenvalue weighted by Gasteiger charge is 2.25. The van der Waals surface area contributed by atoms with E-state index in [2.05, 4.69) is 4.90 Å². The number of hydrogen-bond acceptors (Lipinski definition) is 4. The minimum atomic E-state index is -0.232. The second-order valence-corrected chi connectivity index (χ2v) is 7.12. The molecule has 0 amide bonds. The highest BCUT2D eigenvalue weighted by Crippen LogP contribution is 2.35. The Balaban J connectivity index is 1.97. The molecule has 1 aliphatic rings. The van der Waals surface area contributed by atoms with Crippen molar-refractivity contribution >= 4 is 34.1 Å². The molecule has 1 aliphatic heterocycles. The number of piperidine rings is 1. The van der Waals surface area contributed by atoms with Gasteiger partial charge in [0.15, 0.2) is 22.7 Å². The summed E-state index contributed by atoms with van der Waals surface area (Å²) in [5.41, 5.74) is 2.27. The number of methoxy groups -OCH3 is 1. The van der Waals surface area contributed by atoms with Gasteiger partial charge in [0.25, 0.3) is 6.54 Å². The zero-order valence-electron chi connectivity index (χ0n) is 13.1. The summed E-state index contributed by atoms with van der Waals surface area (Å²) < 4.78 is 6.73. The van der Waals surface area contributed by atoms with Crippen LogP contribution in [0.4, 0.5) is 5.00 Å². The van der Waals surface area contributed by atoms with Crippen molar-refractivity contribution in [1.82, 2.24) is 0 Å². The lowest BCUT2D eigenvalue weighted by Gasteiger charge is -2.26. The monoisotopic (exact) mass is 351 g/mol. The second kappa shape index (κ2) is 7.32. The zero-order chi connectivity index (χ0) is 16.2. The molecular formula is C17H20ClN2O2S+. The molecule has 6 heteroatoms. The van der Waals surface area contributed by atoms with Gasteiger partial charge >= 0.3 is 5.97 Å². The van der Waals surface area contributed by atoms with Gasteiger partial charge in [-0.2, -0.15) is 0 Å². The van der Waals surface area contributed by atoms with Crippen LogP contribution in [0.1, 0.15) is 19.3 Å². The summed E-state index contributed by atoms with van der Waals surface area (Å²) in [5.74, 6) is -0.232. The largest absolute Gasteiger partial charge is 0.464 e. The lowest BCUT2D eigenvalue weighted by molar-refractivity contribution is -0.616. The number of esters is 1. The lowest BCUT2D eigenvalue weighted by atomic mass is 10.1. The molecule has 0 saturated carbocycles. The molecule has 23 heavy (non-hydrogen) atoms. The molecular weight excluding hydrogens is 332 g/mol. The van der Waals surface area contributed by atoms with E-state index in [0.29, 0.717) is 0 Å². The molecule has 1 saturated heterocycles. The van der Waals surface area contributed by atoms with Crippen molar-refractivity contribution in [1.29, 1.82) is 0 Å². The summed E-state index contributed by atoms with van der Waals surface area (Å²) in [7, 11) is 1.42. The molecule has 1 aromatic carbocycles. The quantitative estimate of drug-likeness (QED) is 0.624. The fourth-order valence-corrected chi connectivity index (χ4v) is 4.05. The fourth-order valence-electron chi connectivity index (χ4n) is 2.81. The van der Waals surface area contributed by atoms with Crippen LogP contribution in [-0.2, 0) is 16.1 Å².